The van der Waals surface area contributed by atoms with Gasteiger partial charge in [0.25, 0.3) is 5.91 Å². The van der Waals surface area contributed by atoms with Crippen molar-refractivity contribution in [2.24, 2.45) is 0 Å². The van der Waals surface area contributed by atoms with E-state index in [1.807, 2.05) is 36.0 Å². The van der Waals surface area contributed by atoms with Gasteiger partial charge in [-0.3, -0.25) is 4.79 Å². The van der Waals surface area contributed by atoms with Crippen molar-refractivity contribution in [2.45, 2.75) is 32.4 Å². The molecule has 1 aliphatic rings. The van der Waals surface area contributed by atoms with Crippen LogP contribution in [0.4, 0.5) is 0 Å². The van der Waals surface area contributed by atoms with Crippen molar-refractivity contribution in [3.63, 3.8) is 0 Å². The van der Waals surface area contributed by atoms with Crippen LogP contribution < -0.4 is 0 Å². The van der Waals surface area contributed by atoms with Crippen molar-refractivity contribution in [3.05, 3.63) is 35.3 Å². The second kappa shape index (κ2) is 6.97. The number of carbonyl (C=O) groups excluding carboxylic acids is 1. The van der Waals surface area contributed by atoms with Crippen molar-refractivity contribution in [1.29, 1.82) is 0 Å². The van der Waals surface area contributed by atoms with Crippen LogP contribution in [0.3, 0.4) is 0 Å². The summed E-state index contributed by atoms with van der Waals surface area (Å²) in [5.74, 6) is -0.0464. The number of aromatic nitrogens is 3. The minimum Gasteiger partial charge on any atom is -0.338 e. The second-order valence-electron chi connectivity index (χ2n) is 7.43. The third kappa shape index (κ3) is 3.33. The van der Waals surface area contributed by atoms with Gasteiger partial charge < -0.3 is 4.90 Å². The summed E-state index contributed by atoms with van der Waals surface area (Å²) in [6.07, 6.45) is 2.15. The summed E-state index contributed by atoms with van der Waals surface area (Å²) in [5.41, 5.74) is 1.89. The Hall–Kier alpha value is -2.26. The van der Waals surface area contributed by atoms with E-state index < -0.39 is 9.84 Å². The average molecular weight is 419 g/mol. The highest BCUT2D eigenvalue weighted by molar-refractivity contribution is 7.91. The van der Waals surface area contributed by atoms with Gasteiger partial charge in [-0.15, -0.1) is 11.3 Å². The van der Waals surface area contributed by atoms with Crippen LogP contribution >= 0.6 is 11.3 Å². The SMILES string of the molecule is CC(C)n1ncc2c(C(=O)N(C)C3CCS(=O)(=O)C3)cc(-c3cccs3)nc21. The summed E-state index contributed by atoms with van der Waals surface area (Å²) in [6, 6.07) is 5.51. The number of thiophene rings is 1. The number of hydrogen-bond acceptors (Lipinski definition) is 6. The zero-order valence-electron chi connectivity index (χ0n) is 16.0. The minimum atomic E-state index is -3.07. The maximum absolute atomic E-state index is 13.3. The van der Waals surface area contributed by atoms with Gasteiger partial charge in [0.05, 0.1) is 39.2 Å². The van der Waals surface area contributed by atoms with Crippen LogP contribution in [0, 0.1) is 0 Å². The van der Waals surface area contributed by atoms with E-state index in [1.54, 1.807) is 35.5 Å². The number of fused-ring (bicyclic) bond motifs is 1. The molecule has 0 bridgehead atoms. The number of rotatable bonds is 4. The number of nitrogens with zero attached hydrogens (tertiary/aromatic N) is 4. The first-order chi connectivity index (χ1) is 13.3. The molecule has 0 aliphatic carbocycles. The van der Waals surface area contributed by atoms with E-state index in [4.69, 9.17) is 4.98 Å². The van der Waals surface area contributed by atoms with Gasteiger partial charge in [0.2, 0.25) is 0 Å². The van der Waals surface area contributed by atoms with Crippen molar-refractivity contribution in [2.75, 3.05) is 18.6 Å². The Balaban J connectivity index is 1.82. The molecule has 0 radical (unpaired) electrons. The summed E-state index contributed by atoms with van der Waals surface area (Å²) in [7, 11) is -1.39. The van der Waals surface area contributed by atoms with Gasteiger partial charge >= 0.3 is 0 Å². The van der Waals surface area contributed by atoms with Gasteiger partial charge in [0.1, 0.15) is 0 Å². The lowest BCUT2D eigenvalue weighted by atomic mass is 10.1. The molecule has 148 valence electrons. The number of amides is 1. The summed E-state index contributed by atoms with van der Waals surface area (Å²) in [5, 5.41) is 7.09. The predicted octanol–water partition coefficient (Wildman–Crippen LogP) is 3.00. The molecule has 1 fully saturated rings. The van der Waals surface area contributed by atoms with Crippen LogP contribution in [0.5, 0.6) is 0 Å². The van der Waals surface area contributed by atoms with Crippen LogP contribution in [0.1, 0.15) is 36.7 Å². The predicted molar refractivity (Wildman–Crippen MR) is 110 cm³/mol. The molecule has 28 heavy (non-hydrogen) atoms. The Morgan fingerprint density at radius 2 is 2.18 bits per heavy atom. The average Bonchev–Trinajstić information content (AvgIpc) is 3.38. The van der Waals surface area contributed by atoms with Gasteiger partial charge in [0, 0.05) is 19.1 Å². The van der Waals surface area contributed by atoms with Crippen LogP contribution in [0.15, 0.2) is 29.8 Å². The highest BCUT2D eigenvalue weighted by Gasteiger charge is 2.34. The van der Waals surface area contributed by atoms with Crippen molar-refractivity contribution in [1.82, 2.24) is 19.7 Å². The highest BCUT2D eigenvalue weighted by atomic mass is 32.2. The molecule has 1 saturated heterocycles. The zero-order valence-corrected chi connectivity index (χ0v) is 17.6. The fourth-order valence-corrected chi connectivity index (χ4v) is 6.02. The van der Waals surface area contributed by atoms with Crippen molar-refractivity contribution < 1.29 is 13.2 Å². The normalized spacial score (nSPS) is 18.8. The summed E-state index contributed by atoms with van der Waals surface area (Å²) in [6.45, 7) is 4.03. The standard InChI is InChI=1S/C19H22N4O3S2/c1-12(2)23-18-15(10-20-23)14(9-16(21-18)17-5-4-7-27-17)19(24)22(3)13-6-8-28(25,26)11-13/h4-5,7,9-10,12-13H,6,8,11H2,1-3H3. The summed E-state index contributed by atoms with van der Waals surface area (Å²) < 4.78 is 25.5. The second-order valence-corrected chi connectivity index (χ2v) is 10.6. The molecule has 0 spiro atoms. The van der Waals surface area contributed by atoms with E-state index in [0.29, 0.717) is 23.0 Å². The van der Waals surface area contributed by atoms with Crippen molar-refractivity contribution >= 4 is 38.1 Å². The number of hydrogen-bond donors (Lipinski definition) is 0. The Labute approximate surface area is 167 Å². The van der Waals surface area contributed by atoms with Gasteiger partial charge in [-0.05, 0) is 37.8 Å². The first-order valence-corrected chi connectivity index (χ1v) is 11.9. The van der Waals surface area contributed by atoms with E-state index in [0.717, 1.165) is 10.6 Å². The molecule has 4 heterocycles. The maximum atomic E-state index is 13.3. The third-order valence-corrected chi connectivity index (χ3v) is 7.78. The van der Waals surface area contributed by atoms with Crippen LogP contribution in [0.2, 0.25) is 0 Å². The lowest BCUT2D eigenvalue weighted by Gasteiger charge is -2.24. The van der Waals surface area contributed by atoms with E-state index in [2.05, 4.69) is 5.10 Å². The molecule has 0 N–H and O–H groups in total. The van der Waals surface area contributed by atoms with E-state index >= 15 is 0 Å². The Morgan fingerprint density at radius 3 is 2.79 bits per heavy atom. The summed E-state index contributed by atoms with van der Waals surface area (Å²) >= 11 is 1.56. The Morgan fingerprint density at radius 1 is 1.39 bits per heavy atom. The van der Waals surface area contributed by atoms with Crippen molar-refractivity contribution in [3.8, 4) is 10.6 Å². The van der Waals surface area contributed by atoms with Gasteiger partial charge in [0.15, 0.2) is 15.5 Å². The van der Waals surface area contributed by atoms with E-state index in [-0.39, 0.29) is 29.5 Å². The highest BCUT2D eigenvalue weighted by Crippen LogP contribution is 2.30. The van der Waals surface area contributed by atoms with Gasteiger partial charge in [-0.2, -0.15) is 5.10 Å². The van der Waals surface area contributed by atoms with Crippen LogP contribution in [-0.4, -0.2) is 58.6 Å². The molecule has 1 atom stereocenters. The fraction of sp³-hybridized carbons (Fsp3) is 0.421. The largest absolute Gasteiger partial charge is 0.338 e. The molecule has 1 amide bonds. The number of pyridine rings is 1. The van der Waals surface area contributed by atoms with Crippen LogP contribution in [-0.2, 0) is 9.84 Å². The smallest absolute Gasteiger partial charge is 0.254 e. The number of carbonyl (C=O) groups is 1. The fourth-order valence-electron chi connectivity index (χ4n) is 3.56. The quantitative estimate of drug-likeness (QED) is 0.650. The number of sulfone groups is 1. The molecule has 1 aliphatic heterocycles. The Kier molecular flexibility index (Phi) is 4.75. The molecule has 4 rings (SSSR count). The molecule has 3 aromatic heterocycles. The first-order valence-electron chi connectivity index (χ1n) is 9.16. The third-order valence-electron chi connectivity index (χ3n) is 5.14. The molecule has 0 aromatic carbocycles. The zero-order chi connectivity index (χ0) is 20.1. The lowest BCUT2D eigenvalue weighted by molar-refractivity contribution is 0.0749. The molecule has 0 saturated carbocycles. The van der Waals surface area contributed by atoms with E-state index in [9.17, 15) is 13.2 Å². The van der Waals surface area contributed by atoms with Crippen LogP contribution in [0.25, 0.3) is 21.6 Å². The molecule has 9 heteroatoms. The van der Waals surface area contributed by atoms with Gasteiger partial charge in [-0.25, -0.2) is 18.1 Å². The summed E-state index contributed by atoms with van der Waals surface area (Å²) in [4.78, 5) is 20.6. The first kappa shape index (κ1) is 19.1. The molecule has 3 aromatic rings. The maximum Gasteiger partial charge on any atom is 0.254 e. The molecule has 7 nitrogen and oxygen atoms in total. The lowest BCUT2D eigenvalue weighted by Crippen LogP contribution is -2.38. The topological polar surface area (TPSA) is 85.2 Å². The minimum absolute atomic E-state index is 0.0203. The molecular formula is C19H22N4O3S2. The monoisotopic (exact) mass is 418 g/mol. The van der Waals surface area contributed by atoms with E-state index in [1.165, 1.54) is 0 Å². The molecule has 1 unspecified atom stereocenters. The van der Waals surface area contributed by atoms with Gasteiger partial charge in [-0.1, -0.05) is 6.07 Å². The Bertz CT molecular complexity index is 1130. The molecular weight excluding hydrogens is 396 g/mol.